The van der Waals surface area contributed by atoms with Crippen molar-refractivity contribution in [1.29, 1.82) is 0 Å². The van der Waals surface area contributed by atoms with Gasteiger partial charge in [0.15, 0.2) is 11.5 Å². The SMILES string of the molecule is COc1cc2cc3c(c(-c4ccccc4)c2cc1OC)C(=O)OC3. The molecule has 0 N–H and O–H groups in total. The highest BCUT2D eigenvalue weighted by Crippen LogP contribution is 2.42. The summed E-state index contributed by atoms with van der Waals surface area (Å²) in [6, 6.07) is 15.7. The highest BCUT2D eigenvalue weighted by atomic mass is 16.5. The summed E-state index contributed by atoms with van der Waals surface area (Å²) >= 11 is 0. The van der Waals surface area contributed by atoms with Crippen molar-refractivity contribution in [3.63, 3.8) is 0 Å². The van der Waals surface area contributed by atoms with E-state index in [1.807, 2.05) is 48.5 Å². The van der Waals surface area contributed by atoms with Gasteiger partial charge in [-0.15, -0.1) is 0 Å². The maximum Gasteiger partial charge on any atom is 0.339 e. The van der Waals surface area contributed by atoms with Gasteiger partial charge in [-0.3, -0.25) is 0 Å². The van der Waals surface area contributed by atoms with E-state index >= 15 is 0 Å². The van der Waals surface area contributed by atoms with Crippen LogP contribution in [0.25, 0.3) is 21.9 Å². The van der Waals surface area contributed by atoms with Crippen LogP contribution in [0.2, 0.25) is 0 Å². The molecule has 0 bridgehead atoms. The quantitative estimate of drug-likeness (QED) is 0.679. The molecule has 0 aliphatic carbocycles. The molecule has 3 aromatic carbocycles. The van der Waals surface area contributed by atoms with Crippen LogP contribution in [0, 0.1) is 0 Å². The first-order chi connectivity index (χ1) is 11.7. The Morgan fingerprint density at radius 1 is 0.917 bits per heavy atom. The number of carbonyl (C=O) groups is 1. The summed E-state index contributed by atoms with van der Waals surface area (Å²) in [6.07, 6.45) is 0. The number of fused-ring (bicyclic) bond motifs is 2. The first kappa shape index (κ1) is 14.6. The molecule has 1 aliphatic heterocycles. The molecule has 1 heterocycles. The van der Waals surface area contributed by atoms with E-state index < -0.39 is 0 Å². The molecule has 120 valence electrons. The number of rotatable bonds is 3. The molecule has 1 aliphatic rings. The fourth-order valence-electron chi connectivity index (χ4n) is 3.25. The molecule has 0 saturated carbocycles. The van der Waals surface area contributed by atoms with Crippen molar-refractivity contribution in [2.24, 2.45) is 0 Å². The van der Waals surface area contributed by atoms with Crippen LogP contribution in [-0.2, 0) is 11.3 Å². The first-order valence-corrected chi connectivity index (χ1v) is 7.67. The lowest BCUT2D eigenvalue weighted by Crippen LogP contribution is -1.99. The molecular weight excluding hydrogens is 304 g/mol. The Labute approximate surface area is 139 Å². The van der Waals surface area contributed by atoms with Crippen LogP contribution >= 0.6 is 0 Å². The van der Waals surface area contributed by atoms with Crippen LogP contribution in [-0.4, -0.2) is 20.2 Å². The average molecular weight is 320 g/mol. The van der Waals surface area contributed by atoms with Crippen LogP contribution < -0.4 is 9.47 Å². The molecule has 24 heavy (non-hydrogen) atoms. The second-order valence-corrected chi connectivity index (χ2v) is 5.66. The van der Waals surface area contributed by atoms with Gasteiger partial charge < -0.3 is 14.2 Å². The van der Waals surface area contributed by atoms with Gasteiger partial charge in [0.2, 0.25) is 0 Å². The van der Waals surface area contributed by atoms with Crippen LogP contribution in [0.3, 0.4) is 0 Å². The normalized spacial score (nSPS) is 12.8. The number of methoxy groups -OCH3 is 2. The van der Waals surface area contributed by atoms with Gasteiger partial charge in [-0.2, -0.15) is 0 Å². The number of ether oxygens (including phenoxy) is 3. The van der Waals surface area contributed by atoms with Gasteiger partial charge in [0.05, 0.1) is 19.8 Å². The number of hydrogen-bond acceptors (Lipinski definition) is 4. The van der Waals surface area contributed by atoms with E-state index in [0.29, 0.717) is 23.7 Å². The smallest absolute Gasteiger partial charge is 0.339 e. The minimum atomic E-state index is -0.277. The highest BCUT2D eigenvalue weighted by molar-refractivity contribution is 6.11. The lowest BCUT2D eigenvalue weighted by atomic mass is 9.90. The Hall–Kier alpha value is -3.01. The molecule has 0 radical (unpaired) electrons. The maximum absolute atomic E-state index is 12.3. The van der Waals surface area contributed by atoms with Crippen molar-refractivity contribution in [2.45, 2.75) is 6.61 Å². The molecule has 0 amide bonds. The number of hydrogen-bond donors (Lipinski definition) is 0. The zero-order chi connectivity index (χ0) is 16.7. The van der Waals surface area contributed by atoms with E-state index in [2.05, 4.69) is 0 Å². The van der Waals surface area contributed by atoms with Gasteiger partial charge in [0, 0.05) is 11.1 Å². The molecule has 4 heteroatoms. The second kappa shape index (κ2) is 5.57. The third kappa shape index (κ3) is 2.11. The van der Waals surface area contributed by atoms with Crippen molar-refractivity contribution >= 4 is 16.7 Å². The Morgan fingerprint density at radius 3 is 2.33 bits per heavy atom. The number of esters is 1. The predicted molar refractivity (Wildman–Crippen MR) is 91.6 cm³/mol. The van der Waals surface area contributed by atoms with Gasteiger partial charge >= 0.3 is 5.97 Å². The van der Waals surface area contributed by atoms with E-state index in [4.69, 9.17) is 14.2 Å². The molecule has 0 atom stereocenters. The van der Waals surface area contributed by atoms with Crippen LogP contribution in [0.15, 0.2) is 48.5 Å². The molecule has 4 rings (SSSR count). The van der Waals surface area contributed by atoms with Gasteiger partial charge in [-0.05, 0) is 34.5 Å². The van der Waals surface area contributed by atoms with Gasteiger partial charge in [0.25, 0.3) is 0 Å². The van der Waals surface area contributed by atoms with Gasteiger partial charge in [-0.25, -0.2) is 4.79 Å². The average Bonchev–Trinajstić information content (AvgIpc) is 2.99. The van der Waals surface area contributed by atoms with E-state index in [9.17, 15) is 4.79 Å². The molecular formula is C20H16O4. The van der Waals surface area contributed by atoms with E-state index in [-0.39, 0.29) is 5.97 Å². The minimum Gasteiger partial charge on any atom is -0.493 e. The van der Waals surface area contributed by atoms with Crippen molar-refractivity contribution in [3.8, 4) is 22.6 Å². The van der Waals surface area contributed by atoms with E-state index in [1.165, 1.54) is 0 Å². The topological polar surface area (TPSA) is 44.8 Å². The van der Waals surface area contributed by atoms with Crippen LogP contribution in [0.5, 0.6) is 11.5 Å². The largest absolute Gasteiger partial charge is 0.493 e. The highest BCUT2D eigenvalue weighted by Gasteiger charge is 2.28. The molecule has 4 nitrogen and oxygen atoms in total. The summed E-state index contributed by atoms with van der Waals surface area (Å²) in [5.41, 5.74) is 3.40. The molecule has 0 unspecified atom stereocenters. The number of cyclic esters (lactones) is 1. The fourth-order valence-corrected chi connectivity index (χ4v) is 3.25. The third-order valence-electron chi connectivity index (χ3n) is 4.35. The number of carbonyl (C=O) groups excluding carboxylic acids is 1. The molecule has 3 aromatic rings. The minimum absolute atomic E-state index is 0.277. The van der Waals surface area contributed by atoms with E-state index in [0.717, 1.165) is 27.5 Å². The van der Waals surface area contributed by atoms with Crippen molar-refractivity contribution in [1.82, 2.24) is 0 Å². The fraction of sp³-hybridized carbons (Fsp3) is 0.150. The standard InChI is InChI=1S/C20H16O4/c1-22-16-9-13-8-14-11-24-20(21)19(14)18(12-6-4-3-5-7-12)15(13)10-17(16)23-2/h3-10H,11H2,1-2H3. The van der Waals surface area contributed by atoms with Crippen LogP contribution in [0.1, 0.15) is 15.9 Å². The predicted octanol–water partition coefficient (Wildman–Crippen LogP) is 4.19. The Balaban J connectivity index is 2.13. The molecule has 0 aromatic heterocycles. The summed E-state index contributed by atoms with van der Waals surface area (Å²) in [7, 11) is 3.22. The van der Waals surface area contributed by atoms with Crippen molar-refractivity contribution in [3.05, 3.63) is 59.7 Å². The van der Waals surface area contributed by atoms with Crippen molar-refractivity contribution in [2.75, 3.05) is 14.2 Å². The molecule has 0 spiro atoms. The monoisotopic (exact) mass is 320 g/mol. The van der Waals surface area contributed by atoms with Crippen LogP contribution in [0.4, 0.5) is 0 Å². The zero-order valence-electron chi connectivity index (χ0n) is 13.5. The Kier molecular flexibility index (Phi) is 3.38. The summed E-state index contributed by atoms with van der Waals surface area (Å²) in [4.78, 5) is 12.3. The van der Waals surface area contributed by atoms with Gasteiger partial charge in [-0.1, -0.05) is 30.3 Å². The Morgan fingerprint density at radius 2 is 1.62 bits per heavy atom. The van der Waals surface area contributed by atoms with E-state index in [1.54, 1.807) is 14.2 Å². The summed E-state index contributed by atoms with van der Waals surface area (Å²) in [5, 5.41) is 1.93. The summed E-state index contributed by atoms with van der Waals surface area (Å²) in [5.74, 6) is 1.02. The lowest BCUT2D eigenvalue weighted by molar-refractivity contribution is 0.0535. The summed E-state index contributed by atoms with van der Waals surface area (Å²) < 4.78 is 16.1. The molecule has 0 fully saturated rings. The zero-order valence-corrected chi connectivity index (χ0v) is 13.5. The molecule has 0 saturated heterocycles. The van der Waals surface area contributed by atoms with Gasteiger partial charge in [0.1, 0.15) is 6.61 Å². The van der Waals surface area contributed by atoms with Crippen molar-refractivity contribution < 1.29 is 19.0 Å². The first-order valence-electron chi connectivity index (χ1n) is 7.67. The number of benzene rings is 3. The lowest BCUT2D eigenvalue weighted by Gasteiger charge is -2.14. The summed E-state index contributed by atoms with van der Waals surface area (Å²) in [6.45, 7) is 0.304. The third-order valence-corrected chi connectivity index (χ3v) is 4.35. The maximum atomic E-state index is 12.3. The Bertz CT molecular complexity index is 945. The second-order valence-electron chi connectivity index (χ2n) is 5.66.